The van der Waals surface area contributed by atoms with Crippen LogP contribution in [0.15, 0.2) is 35.3 Å². The fourth-order valence-electron chi connectivity index (χ4n) is 3.26. The van der Waals surface area contributed by atoms with E-state index >= 15 is 0 Å². The Kier molecular flexibility index (Phi) is 4.83. The Labute approximate surface area is 156 Å². The van der Waals surface area contributed by atoms with Gasteiger partial charge in [0.05, 0.1) is 11.6 Å². The molecule has 1 aliphatic rings. The van der Waals surface area contributed by atoms with Gasteiger partial charge in [0.1, 0.15) is 0 Å². The number of urea groups is 1. The molecule has 2 aromatic rings. The maximum Gasteiger partial charge on any atom is 0.347 e. The van der Waals surface area contributed by atoms with Gasteiger partial charge in [-0.3, -0.25) is 0 Å². The third-order valence-electron chi connectivity index (χ3n) is 4.50. The van der Waals surface area contributed by atoms with E-state index in [4.69, 9.17) is 28.3 Å². The molecule has 0 saturated heterocycles. The van der Waals surface area contributed by atoms with Crippen LogP contribution in [-0.2, 0) is 13.0 Å². The third kappa shape index (κ3) is 3.35. The number of benzene rings is 2. The minimum absolute atomic E-state index is 0.255. The first-order chi connectivity index (χ1) is 12.4. The van der Waals surface area contributed by atoms with E-state index in [0.29, 0.717) is 30.1 Å². The second kappa shape index (κ2) is 7.06. The molecule has 0 spiro atoms. The Morgan fingerprint density at radius 2 is 1.96 bits per heavy atom. The summed E-state index contributed by atoms with van der Waals surface area (Å²) in [4.78, 5) is 17.4. The fourth-order valence-corrected chi connectivity index (χ4v) is 3.54. The van der Waals surface area contributed by atoms with Gasteiger partial charge in [0.15, 0.2) is 5.96 Å². The zero-order valence-electron chi connectivity index (χ0n) is 14.3. The van der Waals surface area contributed by atoms with Gasteiger partial charge in [-0.25, -0.2) is 4.79 Å². The molecular formula is C19H18ClN5O. The first-order valence-electron chi connectivity index (χ1n) is 8.10. The number of nitrogens with two attached hydrogens (primary N) is 2. The van der Waals surface area contributed by atoms with Crippen LogP contribution < -0.4 is 11.5 Å². The van der Waals surface area contributed by atoms with Crippen molar-refractivity contribution in [1.29, 1.82) is 5.26 Å². The van der Waals surface area contributed by atoms with Crippen LogP contribution in [0.3, 0.4) is 0 Å². The molecular weight excluding hydrogens is 350 g/mol. The minimum Gasteiger partial charge on any atom is -0.370 e. The van der Waals surface area contributed by atoms with Crippen molar-refractivity contribution in [2.45, 2.75) is 19.9 Å². The molecule has 2 aromatic carbocycles. The lowest BCUT2D eigenvalue weighted by Gasteiger charge is -2.30. The van der Waals surface area contributed by atoms with E-state index in [0.717, 1.165) is 27.8 Å². The predicted molar refractivity (Wildman–Crippen MR) is 102 cm³/mol. The number of halogens is 1. The third-order valence-corrected chi connectivity index (χ3v) is 4.85. The molecule has 2 amide bonds. The first kappa shape index (κ1) is 17.8. The highest BCUT2D eigenvalue weighted by Crippen LogP contribution is 2.36. The summed E-state index contributed by atoms with van der Waals surface area (Å²) in [5.41, 5.74) is 16.2. The molecule has 0 aromatic heterocycles. The van der Waals surface area contributed by atoms with Crippen LogP contribution in [0.4, 0.5) is 4.79 Å². The predicted octanol–water partition coefficient (Wildman–Crippen LogP) is 2.94. The molecule has 0 aliphatic carbocycles. The molecule has 0 radical (unpaired) electrons. The number of carbonyl (C=O) groups excluding carboxylic acids is 1. The van der Waals surface area contributed by atoms with Crippen molar-refractivity contribution in [3.8, 4) is 17.2 Å². The number of amides is 2. The van der Waals surface area contributed by atoms with E-state index in [2.05, 4.69) is 11.1 Å². The topological polar surface area (TPSA) is 108 Å². The van der Waals surface area contributed by atoms with Crippen molar-refractivity contribution in [2.75, 3.05) is 6.54 Å². The number of rotatable bonds is 1. The van der Waals surface area contributed by atoms with Crippen LogP contribution in [0.5, 0.6) is 0 Å². The zero-order valence-corrected chi connectivity index (χ0v) is 15.0. The van der Waals surface area contributed by atoms with Crippen LogP contribution >= 0.6 is 11.6 Å². The highest BCUT2D eigenvalue weighted by molar-refractivity contribution is 6.31. The molecule has 0 atom stereocenters. The summed E-state index contributed by atoms with van der Waals surface area (Å²) in [7, 11) is 0. The Morgan fingerprint density at radius 3 is 2.62 bits per heavy atom. The van der Waals surface area contributed by atoms with Crippen molar-refractivity contribution in [2.24, 2.45) is 16.5 Å². The fraction of sp³-hybridized carbons (Fsp3) is 0.211. The van der Waals surface area contributed by atoms with E-state index in [9.17, 15) is 4.79 Å². The van der Waals surface area contributed by atoms with Crippen LogP contribution in [0.2, 0.25) is 5.02 Å². The number of carbonyl (C=O) groups is 1. The second-order valence-electron chi connectivity index (χ2n) is 6.18. The molecule has 6 nitrogen and oxygen atoms in total. The normalized spacial score (nSPS) is 12.9. The number of fused-ring (bicyclic) bond motifs is 1. The van der Waals surface area contributed by atoms with Crippen LogP contribution in [-0.4, -0.2) is 23.4 Å². The molecule has 1 aliphatic heterocycles. The van der Waals surface area contributed by atoms with Gasteiger partial charge in [-0.05, 0) is 59.4 Å². The van der Waals surface area contributed by atoms with Crippen LogP contribution in [0, 0.1) is 18.3 Å². The molecule has 26 heavy (non-hydrogen) atoms. The molecule has 4 N–H and O–H groups in total. The zero-order chi connectivity index (χ0) is 18.8. The largest absolute Gasteiger partial charge is 0.370 e. The first-order valence-corrected chi connectivity index (χ1v) is 8.48. The van der Waals surface area contributed by atoms with Gasteiger partial charge in [-0.1, -0.05) is 23.7 Å². The van der Waals surface area contributed by atoms with E-state index in [1.54, 1.807) is 11.0 Å². The van der Waals surface area contributed by atoms with Gasteiger partial charge in [0.2, 0.25) is 0 Å². The summed E-state index contributed by atoms with van der Waals surface area (Å²) in [5.74, 6) is -0.255. The average Bonchev–Trinajstić information content (AvgIpc) is 2.61. The lowest BCUT2D eigenvalue weighted by molar-refractivity contribution is 0.203. The Morgan fingerprint density at radius 1 is 1.23 bits per heavy atom. The Balaban J connectivity index is 2.07. The summed E-state index contributed by atoms with van der Waals surface area (Å²) in [6.07, 6.45) is 0.628. The van der Waals surface area contributed by atoms with Crippen molar-refractivity contribution < 1.29 is 4.79 Å². The van der Waals surface area contributed by atoms with Gasteiger partial charge in [-0.15, -0.1) is 0 Å². The van der Waals surface area contributed by atoms with E-state index < -0.39 is 6.03 Å². The van der Waals surface area contributed by atoms with E-state index in [1.807, 2.05) is 31.2 Å². The Bertz CT molecular complexity index is 957. The van der Waals surface area contributed by atoms with Crippen LogP contribution in [0.1, 0.15) is 22.3 Å². The lowest BCUT2D eigenvalue weighted by atomic mass is 9.89. The minimum atomic E-state index is -0.460. The maximum absolute atomic E-state index is 12.2. The van der Waals surface area contributed by atoms with Gasteiger partial charge in [0, 0.05) is 18.1 Å². The number of aliphatic imine (C=N–C) groups is 1. The highest BCUT2D eigenvalue weighted by Gasteiger charge is 2.25. The highest BCUT2D eigenvalue weighted by atomic mass is 35.5. The van der Waals surface area contributed by atoms with E-state index in [-0.39, 0.29) is 5.96 Å². The van der Waals surface area contributed by atoms with Crippen LogP contribution in [0.25, 0.3) is 11.1 Å². The summed E-state index contributed by atoms with van der Waals surface area (Å²) in [6, 6.07) is 11.1. The van der Waals surface area contributed by atoms with Crippen molar-refractivity contribution >= 4 is 23.6 Å². The monoisotopic (exact) mass is 367 g/mol. The molecule has 1 heterocycles. The number of hydrogen-bond donors (Lipinski definition) is 2. The summed E-state index contributed by atoms with van der Waals surface area (Å²) < 4.78 is 0. The lowest BCUT2D eigenvalue weighted by Crippen LogP contribution is -2.36. The van der Waals surface area contributed by atoms with Gasteiger partial charge < -0.3 is 16.4 Å². The maximum atomic E-state index is 12.2. The van der Waals surface area contributed by atoms with Crippen molar-refractivity contribution in [3.63, 3.8) is 0 Å². The number of aryl methyl sites for hydroxylation is 1. The van der Waals surface area contributed by atoms with Gasteiger partial charge in [0.25, 0.3) is 0 Å². The van der Waals surface area contributed by atoms with E-state index in [1.165, 1.54) is 0 Å². The number of nitriles is 1. The molecule has 0 unspecified atom stereocenters. The molecule has 0 fully saturated rings. The second-order valence-corrected chi connectivity index (χ2v) is 6.59. The molecule has 132 valence electrons. The number of hydrogen-bond acceptors (Lipinski definition) is 2. The quantitative estimate of drug-likeness (QED) is 0.596. The number of nitrogens with zero attached hydrogens (tertiary/aromatic N) is 3. The average molecular weight is 368 g/mol. The van der Waals surface area contributed by atoms with Gasteiger partial charge >= 0.3 is 6.03 Å². The molecule has 7 heteroatoms. The molecule has 3 rings (SSSR count). The van der Waals surface area contributed by atoms with Crippen molar-refractivity contribution in [3.05, 3.63) is 57.6 Å². The summed E-state index contributed by atoms with van der Waals surface area (Å²) in [5, 5.41) is 9.76. The number of guanidine groups is 1. The van der Waals surface area contributed by atoms with Gasteiger partial charge in [-0.2, -0.15) is 10.3 Å². The Hall–Kier alpha value is -3.04. The molecule has 0 bridgehead atoms. The standard InChI is InChI=1S/C19H18ClN5O/c1-11-8-12(9-21)2-3-13(11)14-4-5-17(20)15-6-7-25(10-16(14)15)19(26)24-18(22)23/h2-5,8H,6-7,10H2,1H3,(H4,22,23,24,26). The smallest absolute Gasteiger partial charge is 0.347 e. The SMILES string of the molecule is Cc1cc(C#N)ccc1-c1ccc(Cl)c2c1CN(C(=O)N=C(N)N)CC2. The van der Waals surface area contributed by atoms with Crippen molar-refractivity contribution in [1.82, 2.24) is 4.90 Å². The molecule has 0 saturated carbocycles. The summed E-state index contributed by atoms with van der Waals surface area (Å²) >= 11 is 6.39. The summed E-state index contributed by atoms with van der Waals surface area (Å²) in [6.45, 7) is 2.83.